The van der Waals surface area contributed by atoms with E-state index in [0.717, 1.165) is 6.54 Å². The molecule has 0 fully saturated rings. The molecule has 12 aromatic rings. The minimum atomic E-state index is -0.345. The van der Waals surface area contributed by atoms with Crippen molar-refractivity contribution in [2.24, 2.45) is 0 Å². The molecule has 0 N–H and O–H groups in total. The van der Waals surface area contributed by atoms with E-state index in [1.54, 1.807) is 0 Å². The zero-order chi connectivity index (χ0) is 47.4. The van der Waals surface area contributed by atoms with Crippen molar-refractivity contribution in [3.63, 3.8) is 0 Å². The minimum absolute atomic E-state index is 0.188. The molecule has 0 atom stereocenters. The van der Waals surface area contributed by atoms with Gasteiger partial charge >= 0.3 is 0 Å². The molecule has 8 aromatic carbocycles. The number of rotatable bonds is 6. The Kier molecular flexibility index (Phi) is 8.73. The third kappa shape index (κ3) is 5.84. The second-order valence-corrected chi connectivity index (χ2v) is 22.6. The predicted octanol–water partition coefficient (Wildman–Crippen LogP) is 16.7. The molecule has 8 heteroatoms. The predicted molar refractivity (Wildman–Crippen MR) is 302 cm³/mol. The first kappa shape index (κ1) is 41.5. The van der Waals surface area contributed by atoms with Crippen molar-refractivity contribution in [1.29, 1.82) is 0 Å². The number of benzene rings is 8. The fourth-order valence-corrected chi connectivity index (χ4v) is 14.2. The van der Waals surface area contributed by atoms with Gasteiger partial charge in [0.2, 0.25) is 0 Å². The fourth-order valence-electron chi connectivity index (χ4n) is 11.8. The summed E-state index contributed by atoms with van der Waals surface area (Å²) in [5.41, 5.74) is 13.0. The normalized spacial score (nSPS) is 15.7. The third-order valence-corrected chi connectivity index (χ3v) is 18.1. The largest absolute Gasteiger partial charge is 0.357 e. The summed E-state index contributed by atoms with van der Waals surface area (Å²) < 4.78 is 10.3. The Bertz CT molecular complexity index is 4240. The highest BCUT2D eigenvalue weighted by Gasteiger charge is 2.37. The second kappa shape index (κ2) is 14.7. The first-order chi connectivity index (χ1) is 33.9. The van der Waals surface area contributed by atoms with Crippen LogP contribution in [0.2, 0.25) is 0 Å². The van der Waals surface area contributed by atoms with Gasteiger partial charge in [-0.2, -0.15) is 0 Å². The lowest BCUT2D eigenvalue weighted by Crippen LogP contribution is -2.48. The van der Waals surface area contributed by atoms with Gasteiger partial charge < -0.3 is 28.7 Å². The van der Waals surface area contributed by atoms with Crippen LogP contribution < -0.4 is 9.80 Å². The van der Waals surface area contributed by atoms with Crippen LogP contribution in [-0.4, -0.2) is 37.3 Å². The molecule has 0 saturated carbocycles. The van der Waals surface area contributed by atoms with Crippen molar-refractivity contribution in [2.75, 3.05) is 16.8 Å². The van der Waals surface area contributed by atoms with E-state index in [9.17, 15) is 0 Å². The molecule has 0 bridgehead atoms. The van der Waals surface area contributed by atoms with Gasteiger partial charge in [-0.05, 0) is 137 Å². The van der Waals surface area contributed by atoms with Crippen LogP contribution in [0.1, 0.15) is 44.4 Å². The highest BCUT2D eigenvalue weighted by atomic mass is 32.1. The Hall–Kier alpha value is -7.52. The van der Waals surface area contributed by atoms with Crippen LogP contribution in [-0.2, 0) is 6.54 Å². The van der Waals surface area contributed by atoms with Crippen molar-refractivity contribution in [2.45, 2.75) is 59.4 Å². The minimum Gasteiger partial charge on any atom is -0.357 e. The maximum atomic E-state index is 2.51. The number of anilines is 2. The number of hydrogen-bond acceptors (Lipinski definition) is 6. The zero-order valence-corrected chi connectivity index (χ0v) is 42.1. The first-order valence-electron chi connectivity index (χ1n) is 24.3. The quantitative estimate of drug-likeness (QED) is 0.166. The maximum Gasteiger partial charge on any atom is 0.111 e. The van der Waals surface area contributed by atoms with E-state index >= 15 is 0 Å². The van der Waals surface area contributed by atoms with Gasteiger partial charge in [-0.1, -0.05) is 72.8 Å². The van der Waals surface area contributed by atoms with Crippen LogP contribution in [0.5, 0.6) is 0 Å². The maximum absolute atomic E-state index is 2.51. The standard InChI is InChI=1S/C62H52N6S2/c1-38-30-53-47(46-33-48-44-21-12-13-22-56(44)69-58(48)36-55(46)67(53)41-17-9-8-10-18-41)34-51(38)66-29-27-64(62(66,5)6)37-40-16-15-19-42(32-40)68-50-25-24-45-43-20-11-14-23-57(43)70-60(45)59(50)49-35-52(39(2)31-54(49)68)65-28-26-63(7)61(65,3)4/h8-36H,37H2,1-7H3. The average molecular weight is 945 g/mol. The van der Waals surface area contributed by atoms with Gasteiger partial charge in [0.1, 0.15) is 11.3 Å². The molecule has 0 amide bonds. The van der Waals surface area contributed by atoms with Crippen LogP contribution in [0.25, 0.3) is 95.3 Å². The number of hydrogen-bond donors (Lipinski definition) is 0. The van der Waals surface area contributed by atoms with Crippen LogP contribution in [0.4, 0.5) is 11.4 Å². The molecule has 2 aliphatic heterocycles. The third-order valence-electron chi connectivity index (χ3n) is 15.8. The zero-order valence-electron chi connectivity index (χ0n) is 40.5. The molecule has 0 saturated heterocycles. The van der Waals surface area contributed by atoms with Crippen molar-refractivity contribution < 1.29 is 0 Å². The topological polar surface area (TPSA) is 22.8 Å². The number of para-hydroxylation sites is 1. The Balaban J connectivity index is 0.863. The van der Waals surface area contributed by atoms with Crippen molar-refractivity contribution in [1.82, 2.24) is 18.9 Å². The fraction of sp³-hybridized carbons (Fsp3) is 0.161. The molecule has 0 unspecified atom stereocenters. The van der Waals surface area contributed by atoms with E-state index in [-0.39, 0.29) is 11.3 Å². The summed E-state index contributed by atoms with van der Waals surface area (Å²) in [4.78, 5) is 9.70. The lowest BCUT2D eigenvalue weighted by molar-refractivity contribution is 0.202. The van der Waals surface area contributed by atoms with Crippen molar-refractivity contribution >= 4 is 118 Å². The van der Waals surface area contributed by atoms with E-state index in [1.807, 2.05) is 22.7 Å². The number of aryl methyl sites for hydroxylation is 2. The summed E-state index contributed by atoms with van der Waals surface area (Å²) in [7, 11) is 2.16. The Labute approximate surface area is 415 Å². The molecule has 342 valence electrons. The molecule has 0 spiro atoms. The molecule has 0 aliphatic carbocycles. The number of nitrogens with zero attached hydrogens (tertiary/aromatic N) is 6. The van der Waals surface area contributed by atoms with Crippen LogP contribution in [0.3, 0.4) is 0 Å². The van der Waals surface area contributed by atoms with Crippen LogP contribution in [0.15, 0.2) is 176 Å². The highest BCUT2D eigenvalue weighted by Crippen LogP contribution is 2.48. The van der Waals surface area contributed by atoms with Gasteiger partial charge in [-0.25, -0.2) is 0 Å². The molecule has 70 heavy (non-hydrogen) atoms. The molecule has 2 aliphatic rings. The first-order valence-corrected chi connectivity index (χ1v) is 26.0. The molecular weight excluding hydrogens is 893 g/mol. The van der Waals surface area contributed by atoms with Crippen molar-refractivity contribution in [3.8, 4) is 11.4 Å². The Morgan fingerprint density at radius 2 is 1.03 bits per heavy atom. The molecule has 14 rings (SSSR count). The second-order valence-electron chi connectivity index (χ2n) is 20.5. The summed E-state index contributed by atoms with van der Waals surface area (Å²) >= 11 is 3.80. The monoisotopic (exact) mass is 944 g/mol. The molecule has 4 aromatic heterocycles. The number of aromatic nitrogens is 2. The number of fused-ring (bicyclic) bond motifs is 13. The number of thiophene rings is 2. The van der Waals surface area contributed by atoms with E-state index in [2.05, 4.69) is 254 Å². The van der Waals surface area contributed by atoms with E-state index in [0.29, 0.717) is 0 Å². The summed E-state index contributed by atoms with van der Waals surface area (Å²) in [6, 6.07) is 57.1. The summed E-state index contributed by atoms with van der Waals surface area (Å²) in [5.74, 6) is 0. The van der Waals surface area contributed by atoms with E-state index < -0.39 is 0 Å². The van der Waals surface area contributed by atoms with E-state index in [4.69, 9.17) is 0 Å². The van der Waals surface area contributed by atoms with Gasteiger partial charge in [-0.3, -0.25) is 0 Å². The molecular formula is C62H52N6S2. The van der Waals surface area contributed by atoms with Crippen molar-refractivity contribution in [3.05, 3.63) is 193 Å². The van der Waals surface area contributed by atoms with Gasteiger partial charge in [0.25, 0.3) is 0 Å². The molecule has 6 nitrogen and oxygen atoms in total. The van der Waals surface area contributed by atoms with Gasteiger partial charge in [0.15, 0.2) is 0 Å². The average Bonchev–Trinajstić information content (AvgIpc) is 4.19. The van der Waals surface area contributed by atoms with E-state index in [1.165, 1.54) is 123 Å². The van der Waals surface area contributed by atoms with Gasteiger partial charge in [0.05, 0.1) is 22.1 Å². The lowest BCUT2D eigenvalue weighted by atomic mass is 10.0. The summed E-state index contributed by atoms with van der Waals surface area (Å²) in [5, 5.41) is 10.4. The van der Waals surface area contributed by atoms with Crippen LogP contribution in [0, 0.1) is 13.8 Å². The molecule has 0 radical (unpaired) electrons. The summed E-state index contributed by atoms with van der Waals surface area (Å²) in [6.07, 6.45) is 9.00. The highest BCUT2D eigenvalue weighted by molar-refractivity contribution is 7.27. The molecule has 6 heterocycles. The summed E-state index contributed by atoms with van der Waals surface area (Å²) in [6.45, 7) is 14.6. The Morgan fingerprint density at radius 1 is 0.429 bits per heavy atom. The SMILES string of the molecule is Cc1cc2c(cc1N1C=CN(C)C1(C)C)c1c3sc4ccccc4c3ccc1n2-c1cccc(CN2C=CN(c3cc4c5cc6c(cc5n(-c5ccccc5)c4cc3C)sc3ccccc36)C2(C)C)c1. The van der Waals surface area contributed by atoms with Crippen LogP contribution >= 0.6 is 22.7 Å². The Morgan fingerprint density at radius 3 is 1.77 bits per heavy atom. The smallest absolute Gasteiger partial charge is 0.111 e. The lowest BCUT2D eigenvalue weighted by Gasteiger charge is -2.41. The van der Waals surface area contributed by atoms with Gasteiger partial charge in [0, 0.05) is 123 Å². The van der Waals surface area contributed by atoms with Gasteiger partial charge in [-0.15, -0.1) is 22.7 Å².